The van der Waals surface area contributed by atoms with Gasteiger partial charge in [0.05, 0.1) is 0 Å². The molecule has 1 aliphatic rings. The van der Waals surface area contributed by atoms with Gasteiger partial charge >= 0.3 is 0 Å². The van der Waals surface area contributed by atoms with Crippen LogP contribution in [-0.4, -0.2) is 49.2 Å². The van der Waals surface area contributed by atoms with E-state index in [1.54, 1.807) is 0 Å². The second kappa shape index (κ2) is 7.04. The first-order chi connectivity index (χ1) is 9.63. The largest absolute Gasteiger partial charge is 0.354 e. The van der Waals surface area contributed by atoms with Crippen molar-refractivity contribution in [1.29, 1.82) is 0 Å². The van der Waals surface area contributed by atoms with E-state index in [0.717, 1.165) is 38.4 Å². The summed E-state index contributed by atoms with van der Waals surface area (Å²) in [5.41, 5.74) is 1.32. The number of hydrogen-bond acceptors (Lipinski definition) is 4. The van der Waals surface area contributed by atoms with Crippen LogP contribution in [-0.2, 0) is 0 Å². The van der Waals surface area contributed by atoms with Crippen molar-refractivity contribution in [3.63, 3.8) is 0 Å². The van der Waals surface area contributed by atoms with Gasteiger partial charge in [0.25, 0.3) is 0 Å². The maximum Gasteiger partial charge on any atom is 0.133 e. The predicted molar refractivity (Wildman–Crippen MR) is 85.3 cm³/mol. The third-order valence-electron chi connectivity index (χ3n) is 4.24. The first kappa shape index (κ1) is 15.3. The van der Waals surface area contributed by atoms with Gasteiger partial charge in [-0.15, -0.1) is 0 Å². The molecule has 0 spiro atoms. The maximum absolute atomic E-state index is 4.66. The maximum atomic E-state index is 4.66. The van der Waals surface area contributed by atoms with Crippen LogP contribution in [0.25, 0.3) is 0 Å². The minimum absolute atomic E-state index is 0.355. The highest BCUT2D eigenvalue weighted by molar-refractivity contribution is 5.49. The molecule has 1 aromatic heterocycles. The molecule has 20 heavy (non-hydrogen) atoms. The zero-order valence-electron chi connectivity index (χ0n) is 13.3. The van der Waals surface area contributed by atoms with Crippen LogP contribution in [0, 0.1) is 0 Å². The van der Waals surface area contributed by atoms with E-state index < -0.39 is 0 Å². The fraction of sp³-hybridized carbons (Fsp3) is 0.688. The Morgan fingerprint density at radius 3 is 2.95 bits per heavy atom. The first-order valence-electron chi connectivity index (χ1n) is 7.77. The Kier molecular flexibility index (Phi) is 5.38. The fourth-order valence-corrected chi connectivity index (χ4v) is 2.72. The minimum atomic E-state index is 0.355. The second-order valence-electron chi connectivity index (χ2n) is 5.87. The summed E-state index contributed by atoms with van der Waals surface area (Å²) in [5, 5.41) is 3.57. The highest BCUT2D eigenvalue weighted by Crippen LogP contribution is 2.25. The quantitative estimate of drug-likeness (QED) is 0.894. The van der Waals surface area contributed by atoms with Crippen LogP contribution in [0.3, 0.4) is 0 Å². The molecule has 0 saturated carbocycles. The molecule has 1 aromatic rings. The SMILES string of the molecule is CCCNC(C)c1cccnc1N1CCN(C)C(C)C1. The molecule has 0 amide bonds. The number of rotatable bonds is 5. The van der Waals surface area contributed by atoms with Gasteiger partial charge in [0, 0.05) is 43.5 Å². The summed E-state index contributed by atoms with van der Waals surface area (Å²) in [6, 6.07) is 5.19. The lowest BCUT2D eigenvalue weighted by atomic mass is 10.1. The molecule has 1 N–H and O–H groups in total. The standard InChI is InChI=1S/C16H28N4/c1-5-8-17-14(3)15-7-6-9-18-16(15)20-11-10-19(4)13(2)12-20/h6-7,9,13-14,17H,5,8,10-12H2,1-4H3. The van der Waals surface area contributed by atoms with E-state index in [2.05, 4.69) is 54.0 Å². The van der Waals surface area contributed by atoms with Gasteiger partial charge in [-0.25, -0.2) is 4.98 Å². The third-order valence-corrected chi connectivity index (χ3v) is 4.24. The van der Waals surface area contributed by atoms with Crippen molar-refractivity contribution in [2.45, 2.75) is 39.3 Å². The van der Waals surface area contributed by atoms with Crippen molar-refractivity contribution in [2.75, 3.05) is 38.1 Å². The molecule has 4 nitrogen and oxygen atoms in total. The molecule has 2 atom stereocenters. The normalized spacial score (nSPS) is 22.0. The van der Waals surface area contributed by atoms with E-state index in [1.807, 2.05) is 12.3 Å². The van der Waals surface area contributed by atoms with E-state index in [9.17, 15) is 0 Å². The van der Waals surface area contributed by atoms with Crippen LogP contribution >= 0.6 is 0 Å². The number of aromatic nitrogens is 1. The zero-order valence-corrected chi connectivity index (χ0v) is 13.3. The third kappa shape index (κ3) is 3.49. The Balaban J connectivity index is 2.15. The smallest absolute Gasteiger partial charge is 0.133 e. The highest BCUT2D eigenvalue weighted by atomic mass is 15.3. The van der Waals surface area contributed by atoms with Crippen LogP contribution < -0.4 is 10.2 Å². The summed E-state index contributed by atoms with van der Waals surface area (Å²) in [6.45, 7) is 11.0. The molecule has 0 bridgehead atoms. The average Bonchev–Trinajstić information content (AvgIpc) is 2.47. The molecule has 0 aliphatic carbocycles. The number of nitrogens with one attached hydrogen (secondary N) is 1. The van der Waals surface area contributed by atoms with Gasteiger partial charge in [0.15, 0.2) is 0 Å². The fourth-order valence-electron chi connectivity index (χ4n) is 2.72. The van der Waals surface area contributed by atoms with Crippen molar-refractivity contribution >= 4 is 5.82 Å². The molecule has 4 heteroatoms. The Morgan fingerprint density at radius 1 is 1.45 bits per heavy atom. The van der Waals surface area contributed by atoms with Crippen LogP contribution in [0.1, 0.15) is 38.8 Å². The second-order valence-corrected chi connectivity index (χ2v) is 5.87. The molecule has 1 fully saturated rings. The van der Waals surface area contributed by atoms with Gasteiger partial charge in [0.2, 0.25) is 0 Å². The number of hydrogen-bond donors (Lipinski definition) is 1. The molecule has 2 unspecified atom stereocenters. The number of anilines is 1. The summed E-state index contributed by atoms with van der Waals surface area (Å²) in [5.74, 6) is 1.16. The predicted octanol–water partition coefficient (Wildman–Crippen LogP) is 2.28. The van der Waals surface area contributed by atoms with Gasteiger partial charge in [-0.2, -0.15) is 0 Å². The van der Waals surface area contributed by atoms with Crippen LogP contribution in [0.5, 0.6) is 0 Å². The van der Waals surface area contributed by atoms with Crippen molar-refractivity contribution in [1.82, 2.24) is 15.2 Å². The monoisotopic (exact) mass is 276 g/mol. The molecule has 112 valence electrons. The summed E-state index contributed by atoms with van der Waals surface area (Å²) >= 11 is 0. The minimum Gasteiger partial charge on any atom is -0.354 e. The van der Waals surface area contributed by atoms with Gasteiger partial charge < -0.3 is 15.1 Å². The van der Waals surface area contributed by atoms with E-state index in [0.29, 0.717) is 12.1 Å². The van der Waals surface area contributed by atoms with Gasteiger partial charge in [-0.05, 0) is 39.9 Å². The van der Waals surface area contributed by atoms with Gasteiger partial charge in [-0.1, -0.05) is 13.0 Å². The number of piperazine rings is 1. The van der Waals surface area contributed by atoms with Gasteiger partial charge in [0.1, 0.15) is 5.82 Å². The number of pyridine rings is 1. The molecule has 0 aromatic carbocycles. The summed E-state index contributed by atoms with van der Waals surface area (Å²) in [6.07, 6.45) is 3.07. The Hall–Kier alpha value is -1.13. The summed E-state index contributed by atoms with van der Waals surface area (Å²) < 4.78 is 0. The van der Waals surface area contributed by atoms with E-state index in [-0.39, 0.29) is 0 Å². The average molecular weight is 276 g/mol. The molecule has 0 radical (unpaired) electrons. The molecule has 1 saturated heterocycles. The van der Waals surface area contributed by atoms with Gasteiger partial charge in [-0.3, -0.25) is 0 Å². The Labute approximate surface area is 123 Å². The highest BCUT2D eigenvalue weighted by Gasteiger charge is 2.24. The lowest BCUT2D eigenvalue weighted by Crippen LogP contribution is -2.50. The Bertz CT molecular complexity index is 421. The van der Waals surface area contributed by atoms with E-state index in [1.165, 1.54) is 5.56 Å². The molecule has 2 rings (SSSR count). The van der Waals surface area contributed by atoms with E-state index >= 15 is 0 Å². The lowest BCUT2D eigenvalue weighted by molar-refractivity contribution is 0.233. The topological polar surface area (TPSA) is 31.4 Å². The first-order valence-corrected chi connectivity index (χ1v) is 7.77. The number of likely N-dealkylation sites (N-methyl/N-ethyl adjacent to an activating group) is 1. The summed E-state index contributed by atoms with van der Waals surface area (Å²) in [7, 11) is 2.20. The van der Waals surface area contributed by atoms with Crippen molar-refractivity contribution in [3.05, 3.63) is 23.9 Å². The molecule has 1 aliphatic heterocycles. The zero-order chi connectivity index (χ0) is 14.5. The van der Waals surface area contributed by atoms with Crippen LogP contribution in [0.4, 0.5) is 5.82 Å². The molecular weight excluding hydrogens is 248 g/mol. The lowest BCUT2D eigenvalue weighted by Gasteiger charge is -2.39. The molecule has 2 heterocycles. The molecular formula is C16H28N4. The van der Waals surface area contributed by atoms with Crippen LogP contribution in [0.15, 0.2) is 18.3 Å². The van der Waals surface area contributed by atoms with Crippen LogP contribution in [0.2, 0.25) is 0 Å². The Morgan fingerprint density at radius 2 is 2.25 bits per heavy atom. The van der Waals surface area contributed by atoms with Crippen molar-refractivity contribution in [3.8, 4) is 0 Å². The van der Waals surface area contributed by atoms with Crippen molar-refractivity contribution in [2.24, 2.45) is 0 Å². The van der Waals surface area contributed by atoms with Crippen molar-refractivity contribution < 1.29 is 0 Å². The number of nitrogens with zero attached hydrogens (tertiary/aromatic N) is 3. The summed E-state index contributed by atoms with van der Waals surface area (Å²) in [4.78, 5) is 9.51. The van der Waals surface area contributed by atoms with E-state index in [4.69, 9.17) is 0 Å².